The molecule has 0 spiro atoms. The van der Waals surface area contributed by atoms with Gasteiger partial charge >= 0.3 is 5.97 Å². The molecule has 2 aliphatic carbocycles. The highest BCUT2D eigenvalue weighted by Crippen LogP contribution is 2.39. The van der Waals surface area contributed by atoms with E-state index in [0.29, 0.717) is 12.3 Å². The molecule has 2 rings (SSSR count). The second kappa shape index (κ2) is 6.37. The number of carboxylic acid groups (broad SMARTS) is 1. The van der Waals surface area contributed by atoms with Crippen molar-refractivity contribution in [1.29, 1.82) is 0 Å². The number of nitrogens with one attached hydrogen (secondary N) is 1. The van der Waals surface area contributed by atoms with Crippen molar-refractivity contribution in [2.75, 3.05) is 0 Å². The molecule has 0 heterocycles. The van der Waals surface area contributed by atoms with E-state index in [0.717, 1.165) is 32.1 Å². The van der Waals surface area contributed by atoms with Crippen LogP contribution in [-0.4, -0.2) is 23.0 Å². The van der Waals surface area contributed by atoms with Crippen LogP contribution in [0.25, 0.3) is 0 Å². The van der Waals surface area contributed by atoms with E-state index in [1.807, 2.05) is 0 Å². The van der Waals surface area contributed by atoms with Gasteiger partial charge in [-0.2, -0.15) is 0 Å². The number of carboxylic acids is 1. The summed E-state index contributed by atoms with van der Waals surface area (Å²) in [6.45, 7) is 6.57. The Bertz CT molecular complexity index is 405. The Morgan fingerprint density at radius 1 is 1.24 bits per heavy atom. The van der Waals surface area contributed by atoms with Gasteiger partial charge in [-0.3, -0.25) is 9.59 Å². The lowest BCUT2D eigenvalue weighted by atomic mass is 9.75. The number of aliphatic carboxylic acids is 1. The van der Waals surface area contributed by atoms with Gasteiger partial charge in [0.05, 0.1) is 11.8 Å². The van der Waals surface area contributed by atoms with Gasteiger partial charge in [0.2, 0.25) is 5.91 Å². The number of rotatable bonds is 4. The van der Waals surface area contributed by atoms with Crippen LogP contribution in [-0.2, 0) is 9.59 Å². The molecule has 0 aromatic rings. The number of carbonyl (C=O) groups excluding carboxylic acids is 1. The van der Waals surface area contributed by atoms with Crippen LogP contribution in [0.15, 0.2) is 0 Å². The molecule has 4 nitrogen and oxygen atoms in total. The first-order valence-electron chi connectivity index (χ1n) is 8.35. The number of amides is 1. The van der Waals surface area contributed by atoms with Gasteiger partial charge in [0.25, 0.3) is 0 Å². The molecule has 0 aliphatic heterocycles. The quantitative estimate of drug-likeness (QED) is 0.837. The van der Waals surface area contributed by atoms with Crippen LogP contribution >= 0.6 is 0 Å². The van der Waals surface area contributed by atoms with Crippen molar-refractivity contribution < 1.29 is 14.7 Å². The molecule has 0 bridgehead atoms. The van der Waals surface area contributed by atoms with Gasteiger partial charge in [0.1, 0.15) is 0 Å². The van der Waals surface area contributed by atoms with Gasteiger partial charge in [-0.15, -0.1) is 0 Å². The second-order valence-electron chi connectivity index (χ2n) is 7.76. The average Bonchev–Trinajstić information content (AvgIpc) is 2.81. The largest absolute Gasteiger partial charge is 0.481 e. The van der Waals surface area contributed by atoms with E-state index in [1.165, 1.54) is 6.42 Å². The van der Waals surface area contributed by atoms with Crippen molar-refractivity contribution in [1.82, 2.24) is 5.32 Å². The molecule has 2 fully saturated rings. The number of hydrogen-bond donors (Lipinski definition) is 2. The van der Waals surface area contributed by atoms with Crippen molar-refractivity contribution in [3.63, 3.8) is 0 Å². The maximum Gasteiger partial charge on any atom is 0.307 e. The molecule has 0 aromatic heterocycles. The summed E-state index contributed by atoms with van der Waals surface area (Å²) in [6, 6.07) is 0.219. The Hall–Kier alpha value is -1.06. The third-order valence-corrected chi connectivity index (χ3v) is 5.44. The van der Waals surface area contributed by atoms with E-state index >= 15 is 0 Å². The summed E-state index contributed by atoms with van der Waals surface area (Å²) in [5.41, 5.74) is 0.282. The highest BCUT2D eigenvalue weighted by molar-refractivity contribution is 5.85. The van der Waals surface area contributed by atoms with E-state index in [1.54, 1.807) is 0 Å². The molecule has 4 heteroatoms. The van der Waals surface area contributed by atoms with Crippen molar-refractivity contribution in [3.8, 4) is 0 Å². The first-order valence-corrected chi connectivity index (χ1v) is 8.35. The monoisotopic (exact) mass is 295 g/mol. The Morgan fingerprint density at radius 2 is 1.90 bits per heavy atom. The van der Waals surface area contributed by atoms with Crippen LogP contribution < -0.4 is 5.32 Å². The summed E-state index contributed by atoms with van der Waals surface area (Å²) >= 11 is 0. The normalized spacial score (nSPS) is 35.4. The lowest BCUT2D eigenvalue weighted by Gasteiger charge is -2.36. The molecule has 0 saturated heterocycles. The Labute approximate surface area is 127 Å². The Balaban J connectivity index is 1.97. The first-order chi connectivity index (χ1) is 9.82. The summed E-state index contributed by atoms with van der Waals surface area (Å²) in [5.74, 6) is -1.29. The van der Waals surface area contributed by atoms with Crippen LogP contribution in [0, 0.1) is 23.2 Å². The fraction of sp³-hybridized carbons (Fsp3) is 0.882. The lowest BCUT2D eigenvalue weighted by molar-refractivity contribution is -0.146. The zero-order valence-corrected chi connectivity index (χ0v) is 13.5. The van der Waals surface area contributed by atoms with Crippen LogP contribution in [0.3, 0.4) is 0 Å². The molecule has 4 atom stereocenters. The van der Waals surface area contributed by atoms with Crippen molar-refractivity contribution >= 4 is 11.9 Å². The van der Waals surface area contributed by atoms with Crippen LogP contribution in [0.2, 0.25) is 0 Å². The molecule has 2 aliphatic rings. The Morgan fingerprint density at radius 3 is 2.48 bits per heavy atom. The molecule has 2 unspecified atom stereocenters. The molecule has 2 N–H and O–H groups in total. The highest BCUT2D eigenvalue weighted by Gasteiger charge is 2.43. The smallest absolute Gasteiger partial charge is 0.307 e. The Kier molecular flexibility index (Phi) is 4.95. The van der Waals surface area contributed by atoms with Gasteiger partial charge in [0.15, 0.2) is 0 Å². The summed E-state index contributed by atoms with van der Waals surface area (Å²) in [6.07, 6.45) is 6.72. The first kappa shape index (κ1) is 16.3. The minimum absolute atomic E-state index is 0.0268. The van der Waals surface area contributed by atoms with E-state index in [4.69, 9.17) is 0 Å². The molecular weight excluding hydrogens is 266 g/mol. The zero-order valence-electron chi connectivity index (χ0n) is 13.5. The predicted octanol–water partition coefficient (Wildman–Crippen LogP) is 3.21. The van der Waals surface area contributed by atoms with Gasteiger partial charge in [-0.05, 0) is 43.4 Å². The molecule has 2 saturated carbocycles. The van der Waals surface area contributed by atoms with Gasteiger partial charge < -0.3 is 10.4 Å². The molecular formula is C17H29NO3. The molecule has 0 radical (unpaired) electrons. The van der Waals surface area contributed by atoms with E-state index in [9.17, 15) is 14.7 Å². The third kappa shape index (κ3) is 3.98. The minimum Gasteiger partial charge on any atom is -0.481 e. The van der Waals surface area contributed by atoms with Crippen molar-refractivity contribution in [3.05, 3.63) is 0 Å². The fourth-order valence-electron chi connectivity index (χ4n) is 4.17. The topological polar surface area (TPSA) is 66.4 Å². The van der Waals surface area contributed by atoms with Crippen molar-refractivity contribution in [2.45, 2.75) is 71.8 Å². The summed E-state index contributed by atoms with van der Waals surface area (Å²) in [5, 5.41) is 12.5. The van der Waals surface area contributed by atoms with Gasteiger partial charge in [-0.25, -0.2) is 0 Å². The number of carbonyl (C=O) groups is 2. The lowest BCUT2D eigenvalue weighted by Crippen LogP contribution is -2.44. The molecule has 120 valence electrons. The van der Waals surface area contributed by atoms with E-state index in [-0.39, 0.29) is 23.3 Å². The van der Waals surface area contributed by atoms with Crippen LogP contribution in [0.5, 0.6) is 0 Å². The van der Waals surface area contributed by atoms with E-state index in [2.05, 4.69) is 26.1 Å². The zero-order chi connectivity index (χ0) is 15.6. The standard InChI is InChI=1S/C17H29NO3/c1-4-11-8-13(14(9-11)16(20)21)15(19)18-12-6-5-7-17(2,3)10-12/h11-14H,4-10H2,1-3H3,(H,18,19)(H,20,21)/t11?,12?,13-,14+/m0/s1. The van der Waals surface area contributed by atoms with Crippen molar-refractivity contribution in [2.24, 2.45) is 23.2 Å². The number of hydrogen-bond acceptors (Lipinski definition) is 2. The maximum absolute atomic E-state index is 12.5. The molecule has 1 amide bonds. The summed E-state index contributed by atoms with van der Waals surface area (Å²) < 4.78 is 0. The SMILES string of the molecule is CCC1C[C@H](C(=O)NC2CCCC(C)(C)C2)[C@H](C(=O)O)C1. The fourth-order valence-corrected chi connectivity index (χ4v) is 4.17. The summed E-state index contributed by atoms with van der Waals surface area (Å²) in [7, 11) is 0. The predicted molar refractivity (Wildman–Crippen MR) is 81.8 cm³/mol. The van der Waals surface area contributed by atoms with Crippen LogP contribution in [0.1, 0.15) is 65.7 Å². The second-order valence-corrected chi connectivity index (χ2v) is 7.76. The molecule has 0 aromatic carbocycles. The molecule has 21 heavy (non-hydrogen) atoms. The van der Waals surface area contributed by atoms with Gasteiger partial charge in [0, 0.05) is 6.04 Å². The minimum atomic E-state index is -0.810. The average molecular weight is 295 g/mol. The maximum atomic E-state index is 12.5. The van der Waals surface area contributed by atoms with Crippen LogP contribution in [0.4, 0.5) is 0 Å². The third-order valence-electron chi connectivity index (χ3n) is 5.44. The highest BCUT2D eigenvalue weighted by atomic mass is 16.4. The summed E-state index contributed by atoms with van der Waals surface area (Å²) in [4.78, 5) is 23.9. The van der Waals surface area contributed by atoms with Gasteiger partial charge in [-0.1, -0.05) is 33.6 Å². The van der Waals surface area contributed by atoms with E-state index < -0.39 is 11.9 Å².